The van der Waals surface area contributed by atoms with E-state index in [-0.39, 0.29) is 0 Å². The first-order valence-corrected chi connectivity index (χ1v) is 7.61. The van der Waals surface area contributed by atoms with Gasteiger partial charge in [0.15, 0.2) is 5.82 Å². The van der Waals surface area contributed by atoms with E-state index in [1.807, 2.05) is 48.5 Å². The summed E-state index contributed by atoms with van der Waals surface area (Å²) >= 11 is 9.35. The Morgan fingerprint density at radius 1 is 0.955 bits per heavy atom. The number of rotatable bonds is 4. The lowest BCUT2D eigenvalue weighted by molar-refractivity contribution is 0.982. The van der Waals surface area contributed by atoms with Crippen molar-refractivity contribution in [2.24, 2.45) is 0 Å². The number of nitrogens with zero attached hydrogens (tertiary/aromatic N) is 3. The van der Waals surface area contributed by atoms with Gasteiger partial charge < -0.3 is 10.6 Å². The highest BCUT2D eigenvalue weighted by Gasteiger charge is 2.02. The molecule has 0 spiro atoms. The molecule has 22 heavy (non-hydrogen) atoms. The van der Waals surface area contributed by atoms with Crippen LogP contribution in [0.2, 0.25) is 5.02 Å². The predicted octanol–water partition coefficient (Wildman–Crippen LogP) is 4.77. The van der Waals surface area contributed by atoms with Crippen molar-refractivity contribution >= 4 is 50.7 Å². The van der Waals surface area contributed by atoms with Crippen molar-refractivity contribution in [2.45, 2.75) is 0 Å². The van der Waals surface area contributed by atoms with Crippen LogP contribution in [0.4, 0.5) is 23.1 Å². The summed E-state index contributed by atoms with van der Waals surface area (Å²) in [5, 5.41) is 14.8. The Morgan fingerprint density at radius 3 is 2.55 bits per heavy atom. The van der Waals surface area contributed by atoms with Gasteiger partial charge in [-0.25, -0.2) is 0 Å². The first-order valence-electron chi connectivity index (χ1n) is 6.44. The molecule has 0 saturated heterocycles. The van der Waals surface area contributed by atoms with E-state index in [1.165, 1.54) is 0 Å². The fourth-order valence-corrected chi connectivity index (χ4v) is 2.25. The van der Waals surface area contributed by atoms with E-state index < -0.39 is 0 Å². The molecule has 1 aromatic heterocycles. The largest absolute Gasteiger partial charge is 0.339 e. The Morgan fingerprint density at radius 2 is 1.77 bits per heavy atom. The van der Waals surface area contributed by atoms with E-state index in [9.17, 15) is 0 Å². The van der Waals surface area contributed by atoms with Gasteiger partial charge in [-0.05, 0) is 42.5 Å². The van der Waals surface area contributed by atoms with Crippen LogP contribution < -0.4 is 10.6 Å². The minimum absolute atomic E-state index is 0.411. The molecular weight excluding hydrogens is 366 g/mol. The van der Waals surface area contributed by atoms with E-state index in [2.05, 4.69) is 41.7 Å². The third kappa shape index (κ3) is 3.93. The molecule has 5 nitrogen and oxygen atoms in total. The molecule has 0 aliphatic heterocycles. The van der Waals surface area contributed by atoms with Gasteiger partial charge in [0.2, 0.25) is 5.95 Å². The van der Waals surface area contributed by atoms with Gasteiger partial charge in [0, 0.05) is 20.9 Å². The molecule has 1 heterocycles. The Bertz CT molecular complexity index is 779. The summed E-state index contributed by atoms with van der Waals surface area (Å²) in [5.41, 5.74) is 1.72. The zero-order chi connectivity index (χ0) is 15.4. The second kappa shape index (κ2) is 6.72. The van der Waals surface area contributed by atoms with Crippen LogP contribution in [0.1, 0.15) is 0 Å². The average Bonchev–Trinajstić information content (AvgIpc) is 2.50. The number of anilines is 4. The van der Waals surface area contributed by atoms with E-state index in [0.717, 1.165) is 15.8 Å². The minimum Gasteiger partial charge on any atom is -0.339 e. The monoisotopic (exact) mass is 375 g/mol. The van der Waals surface area contributed by atoms with Gasteiger partial charge >= 0.3 is 0 Å². The number of aromatic nitrogens is 3. The molecule has 110 valence electrons. The molecule has 0 radical (unpaired) electrons. The third-order valence-electron chi connectivity index (χ3n) is 2.76. The molecule has 0 aliphatic rings. The van der Waals surface area contributed by atoms with Crippen molar-refractivity contribution in [3.8, 4) is 0 Å². The van der Waals surface area contributed by atoms with Crippen LogP contribution in [0.3, 0.4) is 0 Å². The van der Waals surface area contributed by atoms with Crippen molar-refractivity contribution in [3.63, 3.8) is 0 Å². The molecule has 2 aromatic carbocycles. The molecule has 0 unspecified atom stereocenters. The number of halogens is 2. The van der Waals surface area contributed by atoms with Crippen LogP contribution in [0, 0.1) is 0 Å². The fourth-order valence-electron chi connectivity index (χ4n) is 1.79. The summed E-state index contributed by atoms with van der Waals surface area (Å²) < 4.78 is 1.01. The van der Waals surface area contributed by atoms with Crippen LogP contribution in [-0.4, -0.2) is 15.2 Å². The molecule has 0 amide bonds. The summed E-state index contributed by atoms with van der Waals surface area (Å²) in [6.07, 6.45) is 1.55. The molecule has 3 aromatic rings. The van der Waals surface area contributed by atoms with Crippen molar-refractivity contribution in [1.29, 1.82) is 0 Å². The first-order chi connectivity index (χ1) is 10.7. The summed E-state index contributed by atoms with van der Waals surface area (Å²) in [5.74, 6) is 0.992. The third-order valence-corrected chi connectivity index (χ3v) is 3.52. The smallest absolute Gasteiger partial charge is 0.249 e. The molecule has 2 N–H and O–H groups in total. The van der Waals surface area contributed by atoms with E-state index in [1.54, 1.807) is 6.20 Å². The standard InChI is InChI=1S/C15H11BrClN5/c16-10-4-6-12(7-5-10)20-15-21-14(9-18-22-15)19-13-3-1-2-11(17)8-13/h1-9H,(H2,19,20,21,22). The quantitative estimate of drug-likeness (QED) is 0.686. The van der Waals surface area contributed by atoms with E-state index in [4.69, 9.17) is 11.6 Å². The van der Waals surface area contributed by atoms with Crippen LogP contribution in [-0.2, 0) is 0 Å². The van der Waals surface area contributed by atoms with Crippen molar-refractivity contribution in [1.82, 2.24) is 15.2 Å². The van der Waals surface area contributed by atoms with Crippen LogP contribution in [0.5, 0.6) is 0 Å². The Labute approximate surface area is 140 Å². The maximum absolute atomic E-state index is 5.96. The van der Waals surface area contributed by atoms with Gasteiger partial charge in [-0.2, -0.15) is 10.1 Å². The number of nitrogens with one attached hydrogen (secondary N) is 2. The normalized spacial score (nSPS) is 10.3. The molecular formula is C15H11BrClN5. The Kier molecular flexibility index (Phi) is 4.50. The molecule has 0 fully saturated rings. The van der Waals surface area contributed by atoms with Crippen molar-refractivity contribution in [3.05, 3.63) is 64.2 Å². The molecule has 3 rings (SSSR count). The predicted molar refractivity (Wildman–Crippen MR) is 92.0 cm³/mol. The van der Waals surface area contributed by atoms with Crippen LogP contribution in [0.15, 0.2) is 59.2 Å². The zero-order valence-corrected chi connectivity index (χ0v) is 13.6. The average molecular weight is 377 g/mol. The van der Waals surface area contributed by atoms with Gasteiger partial charge in [-0.1, -0.05) is 33.6 Å². The van der Waals surface area contributed by atoms with Gasteiger partial charge in [-0.15, -0.1) is 5.10 Å². The first kappa shape index (κ1) is 14.7. The maximum atomic E-state index is 5.96. The van der Waals surface area contributed by atoms with Crippen molar-refractivity contribution in [2.75, 3.05) is 10.6 Å². The second-order valence-corrected chi connectivity index (χ2v) is 5.78. The molecule has 7 heteroatoms. The van der Waals surface area contributed by atoms with Gasteiger partial charge in [-0.3, -0.25) is 0 Å². The van der Waals surface area contributed by atoms with Gasteiger partial charge in [0.05, 0.1) is 6.20 Å². The Hall–Kier alpha value is -2.18. The van der Waals surface area contributed by atoms with E-state index >= 15 is 0 Å². The highest BCUT2D eigenvalue weighted by molar-refractivity contribution is 9.10. The lowest BCUT2D eigenvalue weighted by Crippen LogP contribution is -2.02. The molecule has 0 aliphatic carbocycles. The molecule has 0 saturated carbocycles. The van der Waals surface area contributed by atoms with E-state index in [0.29, 0.717) is 16.8 Å². The Balaban J connectivity index is 1.76. The lowest BCUT2D eigenvalue weighted by Gasteiger charge is -2.08. The van der Waals surface area contributed by atoms with Crippen molar-refractivity contribution < 1.29 is 0 Å². The summed E-state index contributed by atoms with van der Waals surface area (Å²) in [6, 6.07) is 15.1. The fraction of sp³-hybridized carbons (Fsp3) is 0. The topological polar surface area (TPSA) is 62.7 Å². The maximum Gasteiger partial charge on any atom is 0.249 e. The van der Waals surface area contributed by atoms with Crippen LogP contribution >= 0.6 is 27.5 Å². The number of hydrogen-bond donors (Lipinski definition) is 2. The summed E-state index contributed by atoms with van der Waals surface area (Å²) in [7, 11) is 0. The van der Waals surface area contributed by atoms with Gasteiger partial charge in [0.25, 0.3) is 0 Å². The molecule has 0 atom stereocenters. The lowest BCUT2D eigenvalue weighted by atomic mass is 10.3. The minimum atomic E-state index is 0.411. The highest BCUT2D eigenvalue weighted by atomic mass is 79.9. The highest BCUT2D eigenvalue weighted by Crippen LogP contribution is 2.20. The summed E-state index contributed by atoms with van der Waals surface area (Å²) in [6.45, 7) is 0. The SMILES string of the molecule is Clc1cccc(Nc2cnnc(Nc3ccc(Br)cc3)n2)c1. The second-order valence-electron chi connectivity index (χ2n) is 4.43. The zero-order valence-electron chi connectivity index (χ0n) is 11.3. The number of benzene rings is 2. The number of hydrogen-bond acceptors (Lipinski definition) is 5. The molecule has 0 bridgehead atoms. The summed E-state index contributed by atoms with van der Waals surface area (Å²) in [4.78, 5) is 4.36. The van der Waals surface area contributed by atoms with Gasteiger partial charge in [0.1, 0.15) is 0 Å². The van der Waals surface area contributed by atoms with Crippen LogP contribution in [0.25, 0.3) is 0 Å².